The third-order valence-electron chi connectivity index (χ3n) is 4.44. The fraction of sp³-hybridized carbons (Fsp3) is 0.556. The lowest BCUT2D eigenvalue weighted by molar-refractivity contribution is -0.152. The van der Waals surface area contributed by atoms with Gasteiger partial charge < -0.3 is 15.2 Å². The Morgan fingerprint density at radius 1 is 1.26 bits per heavy atom. The number of carbonyl (C=O) groups excluding carboxylic acids is 1. The molecule has 1 atom stereocenters. The number of carboxylic acids is 1. The minimum atomic E-state index is -1.11. The Kier molecular flexibility index (Phi) is 4.97. The van der Waals surface area contributed by atoms with Crippen LogP contribution in [0.25, 0.3) is 0 Å². The normalized spacial score (nSPS) is 17.3. The minimum Gasteiger partial charge on any atom is -0.481 e. The molecule has 0 spiro atoms. The van der Waals surface area contributed by atoms with Gasteiger partial charge in [0.05, 0.1) is 0 Å². The maximum absolute atomic E-state index is 12.3. The third-order valence-corrected chi connectivity index (χ3v) is 4.44. The van der Waals surface area contributed by atoms with Gasteiger partial charge in [0, 0.05) is 0 Å². The molecule has 0 saturated heterocycles. The van der Waals surface area contributed by atoms with Crippen molar-refractivity contribution in [3.05, 3.63) is 29.3 Å². The van der Waals surface area contributed by atoms with Crippen LogP contribution in [0.2, 0.25) is 0 Å². The Morgan fingerprint density at radius 2 is 1.91 bits per heavy atom. The van der Waals surface area contributed by atoms with Crippen LogP contribution in [0.1, 0.15) is 57.1 Å². The molecule has 1 amide bonds. The van der Waals surface area contributed by atoms with E-state index in [1.165, 1.54) is 0 Å². The van der Waals surface area contributed by atoms with Gasteiger partial charge in [-0.1, -0.05) is 26.0 Å². The van der Waals surface area contributed by atoms with Crippen LogP contribution >= 0.6 is 0 Å². The fourth-order valence-electron chi connectivity index (χ4n) is 2.72. The van der Waals surface area contributed by atoms with Crippen LogP contribution in [0.15, 0.2) is 18.2 Å². The number of carbonyl (C=O) groups is 2. The molecule has 2 rings (SSSR count). The van der Waals surface area contributed by atoms with Crippen molar-refractivity contribution < 1.29 is 19.4 Å². The first-order chi connectivity index (χ1) is 10.7. The van der Waals surface area contributed by atoms with Crippen molar-refractivity contribution in [3.63, 3.8) is 0 Å². The third kappa shape index (κ3) is 3.66. The van der Waals surface area contributed by atoms with Gasteiger partial charge >= 0.3 is 5.97 Å². The van der Waals surface area contributed by atoms with E-state index in [1.807, 2.05) is 25.1 Å². The second-order valence-corrected chi connectivity index (χ2v) is 6.69. The predicted octanol–water partition coefficient (Wildman–Crippen LogP) is 3.01. The Bertz CT molecular complexity index is 605. The molecule has 1 aromatic rings. The summed E-state index contributed by atoms with van der Waals surface area (Å²) in [4.78, 5) is 23.7. The molecule has 2 N–H and O–H groups in total. The summed E-state index contributed by atoms with van der Waals surface area (Å²) < 4.78 is 5.84. The van der Waals surface area contributed by atoms with Gasteiger partial charge in [-0.05, 0) is 56.2 Å². The minimum absolute atomic E-state index is 0.276. The molecule has 1 saturated carbocycles. The lowest BCUT2D eigenvalue weighted by atomic mass is 9.76. The number of hydrogen-bond acceptors (Lipinski definition) is 3. The summed E-state index contributed by atoms with van der Waals surface area (Å²) in [5.41, 5.74) is 0.979. The van der Waals surface area contributed by atoms with E-state index in [-0.39, 0.29) is 11.8 Å². The Morgan fingerprint density at radius 3 is 2.39 bits per heavy atom. The summed E-state index contributed by atoms with van der Waals surface area (Å²) in [6.07, 6.45) is 1.02. The summed E-state index contributed by atoms with van der Waals surface area (Å²) in [5, 5.41) is 12.0. The maximum Gasteiger partial charge on any atom is 0.329 e. The van der Waals surface area contributed by atoms with Crippen molar-refractivity contribution in [2.45, 2.75) is 64.5 Å². The number of carboxylic acid groups (broad SMARTS) is 1. The number of aliphatic carboxylic acids is 1. The second-order valence-electron chi connectivity index (χ2n) is 6.69. The highest BCUT2D eigenvalue weighted by atomic mass is 16.5. The fourth-order valence-corrected chi connectivity index (χ4v) is 2.72. The number of amides is 1. The van der Waals surface area contributed by atoms with Crippen molar-refractivity contribution in [2.24, 2.45) is 0 Å². The molecule has 126 valence electrons. The van der Waals surface area contributed by atoms with Gasteiger partial charge in [0.15, 0.2) is 6.10 Å². The molecule has 1 aliphatic rings. The van der Waals surface area contributed by atoms with Crippen LogP contribution in [0.3, 0.4) is 0 Å². The lowest BCUT2D eigenvalue weighted by Gasteiger charge is -2.38. The first-order valence-corrected chi connectivity index (χ1v) is 8.08. The van der Waals surface area contributed by atoms with Crippen LogP contribution in [-0.2, 0) is 9.59 Å². The standard InChI is InChI=1S/C18H25NO4/c1-11(2)14-7-6-12(3)10-15(14)23-13(4)16(20)19-18(17(21)22)8-5-9-18/h6-7,10-11,13H,5,8-9H2,1-4H3,(H,19,20)(H,21,22). The summed E-state index contributed by atoms with van der Waals surface area (Å²) >= 11 is 0. The smallest absolute Gasteiger partial charge is 0.329 e. The first kappa shape index (κ1) is 17.3. The number of hydrogen-bond donors (Lipinski definition) is 2. The zero-order chi connectivity index (χ0) is 17.2. The molecule has 0 heterocycles. The van der Waals surface area contributed by atoms with E-state index < -0.39 is 17.6 Å². The van der Waals surface area contributed by atoms with E-state index in [9.17, 15) is 14.7 Å². The monoisotopic (exact) mass is 319 g/mol. The van der Waals surface area contributed by atoms with Crippen molar-refractivity contribution in [3.8, 4) is 5.75 Å². The highest BCUT2D eigenvalue weighted by Crippen LogP contribution is 2.32. The molecule has 23 heavy (non-hydrogen) atoms. The number of ether oxygens (including phenoxy) is 1. The molecule has 5 nitrogen and oxygen atoms in total. The Hall–Kier alpha value is -2.04. The van der Waals surface area contributed by atoms with Crippen molar-refractivity contribution in [1.82, 2.24) is 5.32 Å². The average molecular weight is 319 g/mol. The molecule has 5 heteroatoms. The topological polar surface area (TPSA) is 75.6 Å². The van der Waals surface area contributed by atoms with Gasteiger partial charge in [0.2, 0.25) is 0 Å². The second kappa shape index (κ2) is 6.60. The highest BCUT2D eigenvalue weighted by Gasteiger charge is 2.46. The van der Waals surface area contributed by atoms with E-state index in [1.54, 1.807) is 6.92 Å². The highest BCUT2D eigenvalue weighted by molar-refractivity contribution is 5.89. The molecule has 0 bridgehead atoms. The van der Waals surface area contributed by atoms with E-state index in [2.05, 4.69) is 19.2 Å². The van der Waals surface area contributed by atoms with Gasteiger partial charge in [-0.3, -0.25) is 4.79 Å². The van der Waals surface area contributed by atoms with E-state index in [4.69, 9.17) is 4.74 Å². The average Bonchev–Trinajstić information content (AvgIpc) is 2.41. The molecule has 1 aliphatic carbocycles. The predicted molar refractivity (Wildman–Crippen MR) is 87.7 cm³/mol. The summed E-state index contributed by atoms with van der Waals surface area (Å²) in [6, 6.07) is 5.93. The number of aryl methyl sites for hydroxylation is 1. The van der Waals surface area contributed by atoms with Crippen LogP contribution < -0.4 is 10.1 Å². The maximum atomic E-state index is 12.3. The Labute approximate surface area is 137 Å². The van der Waals surface area contributed by atoms with Gasteiger partial charge in [-0.15, -0.1) is 0 Å². The SMILES string of the molecule is Cc1ccc(C(C)C)c(OC(C)C(=O)NC2(C(=O)O)CCC2)c1. The van der Waals surface area contributed by atoms with Gasteiger partial charge in [0.25, 0.3) is 5.91 Å². The zero-order valence-corrected chi connectivity index (χ0v) is 14.2. The molecule has 0 aliphatic heterocycles. The van der Waals surface area contributed by atoms with Crippen molar-refractivity contribution in [2.75, 3.05) is 0 Å². The molecule has 0 aromatic heterocycles. The summed E-state index contributed by atoms with van der Waals surface area (Å²) in [5.74, 6) is -0.399. The van der Waals surface area contributed by atoms with Crippen LogP contribution in [0.5, 0.6) is 5.75 Å². The van der Waals surface area contributed by atoms with E-state index in [0.29, 0.717) is 18.6 Å². The zero-order valence-electron chi connectivity index (χ0n) is 14.2. The van der Waals surface area contributed by atoms with Gasteiger partial charge in [-0.25, -0.2) is 4.79 Å². The van der Waals surface area contributed by atoms with Crippen LogP contribution in [0.4, 0.5) is 0 Å². The molecule has 1 aromatic carbocycles. The molecular weight excluding hydrogens is 294 g/mol. The number of nitrogens with one attached hydrogen (secondary N) is 1. The Balaban J connectivity index is 2.10. The van der Waals surface area contributed by atoms with Crippen LogP contribution in [-0.4, -0.2) is 28.6 Å². The van der Waals surface area contributed by atoms with Crippen molar-refractivity contribution in [1.29, 1.82) is 0 Å². The van der Waals surface area contributed by atoms with Gasteiger partial charge in [-0.2, -0.15) is 0 Å². The van der Waals surface area contributed by atoms with Gasteiger partial charge in [0.1, 0.15) is 11.3 Å². The lowest BCUT2D eigenvalue weighted by Crippen LogP contribution is -2.61. The van der Waals surface area contributed by atoms with Crippen LogP contribution in [0, 0.1) is 6.92 Å². The number of benzene rings is 1. The largest absolute Gasteiger partial charge is 0.481 e. The molecule has 1 fully saturated rings. The number of rotatable bonds is 6. The molecule has 0 radical (unpaired) electrons. The van der Waals surface area contributed by atoms with E-state index >= 15 is 0 Å². The quantitative estimate of drug-likeness (QED) is 0.845. The van der Waals surface area contributed by atoms with E-state index in [0.717, 1.165) is 17.5 Å². The van der Waals surface area contributed by atoms with Crippen molar-refractivity contribution >= 4 is 11.9 Å². The molecular formula is C18H25NO4. The first-order valence-electron chi connectivity index (χ1n) is 8.08. The molecule has 1 unspecified atom stereocenters. The summed E-state index contributed by atoms with van der Waals surface area (Å²) in [7, 11) is 0. The summed E-state index contributed by atoms with van der Waals surface area (Å²) in [6.45, 7) is 7.75.